The Hall–Kier alpha value is -2.76. The van der Waals surface area contributed by atoms with Crippen LogP contribution in [0.3, 0.4) is 0 Å². The number of rotatable bonds is 8. The highest BCUT2D eigenvalue weighted by Crippen LogP contribution is 2.26. The Balaban J connectivity index is 1.54. The first-order valence-corrected chi connectivity index (χ1v) is 11.0. The second-order valence-corrected chi connectivity index (χ2v) is 8.15. The molecule has 0 unspecified atom stereocenters. The van der Waals surface area contributed by atoms with E-state index in [0.29, 0.717) is 27.2 Å². The molecule has 3 rings (SSSR count). The maximum Gasteiger partial charge on any atom is 0.226 e. The molecule has 1 N–H and O–H groups in total. The van der Waals surface area contributed by atoms with Crippen molar-refractivity contribution in [3.8, 4) is 17.3 Å². The van der Waals surface area contributed by atoms with Crippen molar-refractivity contribution in [3.05, 3.63) is 58.9 Å². The minimum Gasteiger partial charge on any atom is -0.302 e. The molecule has 2 heterocycles. The van der Waals surface area contributed by atoms with Gasteiger partial charge in [0.2, 0.25) is 5.91 Å². The quantitative estimate of drug-likeness (QED) is 0.495. The van der Waals surface area contributed by atoms with Gasteiger partial charge in [-0.3, -0.25) is 4.79 Å². The molecule has 8 heteroatoms. The van der Waals surface area contributed by atoms with Gasteiger partial charge in [0.1, 0.15) is 16.9 Å². The molecule has 0 aliphatic carbocycles. The molecule has 0 aliphatic heterocycles. The molecule has 0 saturated carbocycles. The number of pyridine rings is 1. The summed E-state index contributed by atoms with van der Waals surface area (Å²) >= 11 is 2.73. The number of nitrogens with zero attached hydrogens (tertiary/aromatic N) is 3. The standard InChI is InChI=1S/C21H19FN4OS2/c1-2-3-17-9-6-15(12-23)20(24-17)28-11-10-19(27)26-21-25-18(13-29-21)14-4-7-16(22)8-5-14/h4-9,13H,2-3,10-11H2,1H3,(H,25,26,27). The Bertz CT molecular complexity index is 1030. The van der Waals surface area contributed by atoms with E-state index in [1.54, 1.807) is 18.2 Å². The van der Waals surface area contributed by atoms with Crippen molar-refractivity contribution in [1.29, 1.82) is 5.26 Å². The summed E-state index contributed by atoms with van der Waals surface area (Å²) in [5.74, 6) is 0.0595. The zero-order valence-electron chi connectivity index (χ0n) is 15.8. The Labute approximate surface area is 177 Å². The summed E-state index contributed by atoms with van der Waals surface area (Å²) in [6.07, 6.45) is 2.13. The summed E-state index contributed by atoms with van der Waals surface area (Å²) in [6.45, 7) is 2.08. The summed E-state index contributed by atoms with van der Waals surface area (Å²) in [6, 6.07) is 11.9. The third-order valence-corrected chi connectivity index (χ3v) is 5.75. The number of carbonyl (C=O) groups is 1. The Kier molecular flexibility index (Phi) is 7.33. The van der Waals surface area contributed by atoms with Crippen molar-refractivity contribution < 1.29 is 9.18 Å². The second-order valence-electron chi connectivity index (χ2n) is 6.21. The van der Waals surface area contributed by atoms with E-state index < -0.39 is 0 Å². The van der Waals surface area contributed by atoms with E-state index in [0.717, 1.165) is 24.1 Å². The molecular formula is C21H19FN4OS2. The summed E-state index contributed by atoms with van der Waals surface area (Å²) in [4.78, 5) is 21.1. The highest BCUT2D eigenvalue weighted by molar-refractivity contribution is 7.99. The van der Waals surface area contributed by atoms with Crippen LogP contribution in [0.15, 0.2) is 46.8 Å². The number of aromatic nitrogens is 2. The zero-order chi connectivity index (χ0) is 20.6. The number of carbonyl (C=O) groups excluding carboxylic acids is 1. The maximum absolute atomic E-state index is 13.0. The van der Waals surface area contributed by atoms with Crippen molar-refractivity contribution in [1.82, 2.24) is 9.97 Å². The van der Waals surface area contributed by atoms with Crippen molar-refractivity contribution in [3.63, 3.8) is 0 Å². The van der Waals surface area contributed by atoms with E-state index in [1.165, 1.54) is 35.2 Å². The van der Waals surface area contributed by atoms with E-state index in [2.05, 4.69) is 28.3 Å². The molecule has 3 aromatic rings. The summed E-state index contributed by atoms with van der Waals surface area (Å²) in [5.41, 5.74) is 2.96. The third-order valence-electron chi connectivity index (χ3n) is 4.00. The van der Waals surface area contributed by atoms with Gasteiger partial charge >= 0.3 is 0 Å². The van der Waals surface area contributed by atoms with Crippen molar-refractivity contribution >= 4 is 34.1 Å². The average Bonchev–Trinajstić information content (AvgIpc) is 3.17. The van der Waals surface area contributed by atoms with Gasteiger partial charge in [-0.2, -0.15) is 5.26 Å². The van der Waals surface area contributed by atoms with Gasteiger partial charge in [0.15, 0.2) is 5.13 Å². The Morgan fingerprint density at radius 3 is 2.76 bits per heavy atom. The molecule has 0 atom stereocenters. The van der Waals surface area contributed by atoms with Crippen molar-refractivity contribution in [2.75, 3.05) is 11.1 Å². The molecule has 2 aromatic heterocycles. The molecule has 0 saturated heterocycles. The number of aryl methyl sites for hydroxylation is 1. The third kappa shape index (κ3) is 5.86. The number of nitrogens with one attached hydrogen (secondary N) is 1. The van der Waals surface area contributed by atoms with Crippen LogP contribution in [-0.2, 0) is 11.2 Å². The molecule has 148 valence electrons. The van der Waals surface area contributed by atoms with E-state index in [9.17, 15) is 14.4 Å². The van der Waals surface area contributed by atoms with E-state index in [1.807, 2.05) is 11.4 Å². The normalized spacial score (nSPS) is 10.5. The SMILES string of the molecule is CCCc1ccc(C#N)c(SCCC(=O)Nc2nc(-c3ccc(F)cc3)cs2)n1. The highest BCUT2D eigenvalue weighted by Gasteiger charge is 2.11. The van der Waals surface area contributed by atoms with Gasteiger partial charge in [-0.25, -0.2) is 14.4 Å². The maximum atomic E-state index is 13.0. The number of benzene rings is 1. The van der Waals surface area contributed by atoms with E-state index in [-0.39, 0.29) is 18.1 Å². The van der Waals surface area contributed by atoms with Crippen molar-refractivity contribution in [2.45, 2.75) is 31.2 Å². The second kappa shape index (κ2) is 10.1. The fourth-order valence-corrected chi connectivity index (χ4v) is 4.24. The topological polar surface area (TPSA) is 78.7 Å². The Morgan fingerprint density at radius 1 is 1.24 bits per heavy atom. The molecular weight excluding hydrogens is 407 g/mol. The number of hydrogen-bond donors (Lipinski definition) is 1. The van der Waals surface area contributed by atoms with Gasteiger partial charge < -0.3 is 5.32 Å². The van der Waals surface area contributed by atoms with E-state index in [4.69, 9.17) is 0 Å². The monoisotopic (exact) mass is 426 g/mol. The zero-order valence-corrected chi connectivity index (χ0v) is 17.4. The van der Waals surface area contributed by atoms with Gasteiger partial charge in [-0.05, 0) is 42.8 Å². The lowest BCUT2D eigenvalue weighted by atomic mass is 10.2. The first-order chi connectivity index (χ1) is 14.1. The molecule has 0 aliphatic rings. The highest BCUT2D eigenvalue weighted by atomic mass is 32.2. The summed E-state index contributed by atoms with van der Waals surface area (Å²) in [7, 11) is 0. The van der Waals surface area contributed by atoms with Crippen LogP contribution in [0, 0.1) is 17.1 Å². The molecule has 0 fully saturated rings. The minimum absolute atomic E-state index is 0.152. The number of thiazole rings is 1. The summed E-state index contributed by atoms with van der Waals surface area (Å²) < 4.78 is 13.0. The predicted molar refractivity (Wildman–Crippen MR) is 114 cm³/mol. The van der Waals surface area contributed by atoms with Crippen LogP contribution in [0.5, 0.6) is 0 Å². The number of hydrogen-bond acceptors (Lipinski definition) is 6. The molecule has 29 heavy (non-hydrogen) atoms. The average molecular weight is 427 g/mol. The first kappa shape index (κ1) is 21.0. The van der Waals surface area contributed by atoms with Crippen LogP contribution in [0.4, 0.5) is 9.52 Å². The summed E-state index contributed by atoms with van der Waals surface area (Å²) in [5, 5.41) is 15.0. The lowest BCUT2D eigenvalue weighted by Crippen LogP contribution is -2.12. The van der Waals surface area contributed by atoms with Crippen molar-refractivity contribution in [2.24, 2.45) is 0 Å². The fraction of sp³-hybridized carbons (Fsp3) is 0.238. The number of amides is 1. The van der Waals surface area contributed by atoms with Crippen LogP contribution in [0.2, 0.25) is 0 Å². The molecule has 1 amide bonds. The van der Waals surface area contributed by atoms with Gasteiger partial charge in [0.25, 0.3) is 0 Å². The smallest absolute Gasteiger partial charge is 0.226 e. The number of nitriles is 1. The fourth-order valence-electron chi connectivity index (χ4n) is 2.58. The number of halogens is 1. The minimum atomic E-state index is -0.302. The van der Waals surface area contributed by atoms with Gasteiger partial charge in [-0.1, -0.05) is 13.3 Å². The predicted octanol–water partition coefficient (Wildman–Crippen LogP) is 5.29. The first-order valence-electron chi connectivity index (χ1n) is 9.13. The number of anilines is 1. The Morgan fingerprint density at radius 2 is 2.03 bits per heavy atom. The van der Waals surface area contributed by atoms with Crippen LogP contribution in [0.25, 0.3) is 11.3 Å². The molecule has 0 radical (unpaired) electrons. The lowest BCUT2D eigenvalue weighted by Gasteiger charge is -2.06. The molecule has 5 nitrogen and oxygen atoms in total. The van der Waals surface area contributed by atoms with Gasteiger partial charge in [0, 0.05) is 28.8 Å². The van der Waals surface area contributed by atoms with Gasteiger partial charge in [-0.15, -0.1) is 23.1 Å². The van der Waals surface area contributed by atoms with Crippen LogP contribution < -0.4 is 5.32 Å². The van der Waals surface area contributed by atoms with Crippen LogP contribution >= 0.6 is 23.1 Å². The molecule has 0 bridgehead atoms. The van der Waals surface area contributed by atoms with E-state index >= 15 is 0 Å². The number of thioether (sulfide) groups is 1. The lowest BCUT2D eigenvalue weighted by molar-refractivity contribution is -0.115. The van der Waals surface area contributed by atoms with Gasteiger partial charge in [0.05, 0.1) is 11.3 Å². The largest absolute Gasteiger partial charge is 0.302 e. The van der Waals surface area contributed by atoms with Crippen LogP contribution in [-0.4, -0.2) is 21.6 Å². The van der Waals surface area contributed by atoms with Crippen LogP contribution in [0.1, 0.15) is 31.0 Å². The molecule has 1 aromatic carbocycles. The molecule has 0 spiro atoms.